The van der Waals surface area contributed by atoms with Gasteiger partial charge in [-0.3, -0.25) is 19.2 Å². The van der Waals surface area contributed by atoms with E-state index in [2.05, 4.69) is 0 Å². The molecule has 0 aliphatic heterocycles. The summed E-state index contributed by atoms with van der Waals surface area (Å²) in [5.74, 6) is -1.16. The standard InChI is InChI=1S/C24H10Cl4O6/c25-21(31)9-1-3-13-11(5-9)7-15(23(27)33)19(29)17(13)18-14-4-2-10(22(26)32)6-12(14)8-16(20(18)30)24(28)34/h1-8,29-30H. The molecule has 0 saturated carbocycles. The molecule has 6 nitrogen and oxygen atoms in total. The van der Waals surface area contributed by atoms with Crippen molar-refractivity contribution in [1.29, 1.82) is 0 Å². The summed E-state index contributed by atoms with van der Waals surface area (Å²) >= 11 is 22.5. The van der Waals surface area contributed by atoms with E-state index in [1.54, 1.807) is 0 Å². The van der Waals surface area contributed by atoms with Gasteiger partial charge in [-0.2, -0.15) is 0 Å². The van der Waals surface area contributed by atoms with E-state index in [1.165, 1.54) is 48.5 Å². The average molecular weight is 536 g/mol. The van der Waals surface area contributed by atoms with Crippen molar-refractivity contribution in [3.8, 4) is 22.6 Å². The smallest absolute Gasteiger partial charge is 0.256 e. The van der Waals surface area contributed by atoms with Gasteiger partial charge in [0.1, 0.15) is 11.5 Å². The molecular weight excluding hydrogens is 526 g/mol. The molecule has 0 aliphatic carbocycles. The van der Waals surface area contributed by atoms with Crippen LogP contribution in [-0.4, -0.2) is 31.2 Å². The highest BCUT2D eigenvalue weighted by Crippen LogP contribution is 2.48. The van der Waals surface area contributed by atoms with Crippen molar-refractivity contribution in [1.82, 2.24) is 0 Å². The third-order valence-electron chi connectivity index (χ3n) is 5.35. The number of carbonyl (C=O) groups is 4. The van der Waals surface area contributed by atoms with E-state index in [4.69, 9.17) is 46.4 Å². The van der Waals surface area contributed by atoms with Crippen LogP contribution >= 0.6 is 46.4 Å². The lowest BCUT2D eigenvalue weighted by Crippen LogP contribution is -1.99. The molecule has 4 aromatic rings. The van der Waals surface area contributed by atoms with Gasteiger partial charge in [0, 0.05) is 22.3 Å². The van der Waals surface area contributed by atoms with Gasteiger partial charge in [0.05, 0.1) is 11.1 Å². The Balaban J connectivity index is 2.25. The molecule has 4 aromatic carbocycles. The Morgan fingerprint density at radius 3 is 1.18 bits per heavy atom. The Hall–Kier alpha value is -3.16. The highest BCUT2D eigenvalue weighted by atomic mass is 35.5. The molecular formula is C24H10Cl4O6. The van der Waals surface area contributed by atoms with Crippen LogP contribution in [0.4, 0.5) is 0 Å². The normalized spacial score (nSPS) is 11.1. The van der Waals surface area contributed by atoms with Gasteiger partial charge < -0.3 is 10.2 Å². The van der Waals surface area contributed by atoms with E-state index in [-0.39, 0.29) is 33.4 Å². The third-order valence-corrected chi connectivity index (χ3v) is 6.20. The summed E-state index contributed by atoms with van der Waals surface area (Å²) < 4.78 is 0. The van der Waals surface area contributed by atoms with Crippen molar-refractivity contribution >= 4 is 88.9 Å². The molecule has 0 aromatic heterocycles. The molecule has 170 valence electrons. The second kappa shape index (κ2) is 8.89. The van der Waals surface area contributed by atoms with Crippen molar-refractivity contribution in [2.24, 2.45) is 0 Å². The predicted octanol–water partition coefficient (Wildman–Crippen LogP) is 6.59. The van der Waals surface area contributed by atoms with Crippen LogP contribution in [0, 0.1) is 0 Å². The number of aromatic hydroxyl groups is 2. The summed E-state index contributed by atoms with van der Waals surface area (Å²) in [5.41, 5.74) is -0.507. The number of halogens is 4. The van der Waals surface area contributed by atoms with Crippen molar-refractivity contribution in [3.05, 3.63) is 70.8 Å². The summed E-state index contributed by atoms with van der Waals surface area (Å²) in [7, 11) is 0. The van der Waals surface area contributed by atoms with Crippen LogP contribution in [0.1, 0.15) is 41.4 Å². The van der Waals surface area contributed by atoms with E-state index >= 15 is 0 Å². The van der Waals surface area contributed by atoms with Crippen LogP contribution in [0.15, 0.2) is 48.5 Å². The first-order valence-electron chi connectivity index (χ1n) is 9.40. The van der Waals surface area contributed by atoms with Crippen LogP contribution in [-0.2, 0) is 0 Å². The Morgan fingerprint density at radius 1 is 0.529 bits per heavy atom. The summed E-state index contributed by atoms with van der Waals surface area (Å²) in [6.07, 6.45) is 0. The van der Waals surface area contributed by atoms with Crippen LogP contribution < -0.4 is 0 Å². The molecule has 0 fully saturated rings. The van der Waals surface area contributed by atoms with Gasteiger partial charge in [0.15, 0.2) is 0 Å². The molecule has 0 unspecified atom stereocenters. The summed E-state index contributed by atoms with van der Waals surface area (Å²) in [4.78, 5) is 47.5. The molecule has 0 radical (unpaired) electrons. The average Bonchev–Trinajstić information content (AvgIpc) is 2.78. The molecule has 0 atom stereocenters. The zero-order valence-electron chi connectivity index (χ0n) is 16.7. The Morgan fingerprint density at radius 2 is 0.882 bits per heavy atom. The highest BCUT2D eigenvalue weighted by molar-refractivity contribution is 6.69. The largest absolute Gasteiger partial charge is 0.506 e. The number of benzene rings is 4. The molecule has 10 heteroatoms. The van der Waals surface area contributed by atoms with Gasteiger partial charge in [0.2, 0.25) is 0 Å². The fourth-order valence-electron chi connectivity index (χ4n) is 3.84. The van der Waals surface area contributed by atoms with E-state index < -0.39 is 32.5 Å². The number of hydrogen-bond donors (Lipinski definition) is 2. The van der Waals surface area contributed by atoms with Crippen LogP contribution in [0.25, 0.3) is 32.7 Å². The fraction of sp³-hybridized carbons (Fsp3) is 0. The molecule has 0 heterocycles. The molecule has 0 aliphatic rings. The van der Waals surface area contributed by atoms with Crippen LogP contribution in [0.3, 0.4) is 0 Å². The second-order valence-electron chi connectivity index (χ2n) is 7.26. The van der Waals surface area contributed by atoms with Gasteiger partial charge in [-0.1, -0.05) is 12.1 Å². The molecule has 4 rings (SSSR count). The minimum Gasteiger partial charge on any atom is -0.506 e. The number of phenolic OH excluding ortho intramolecular Hbond substituents is 2. The maximum Gasteiger partial charge on any atom is 0.256 e. The topological polar surface area (TPSA) is 109 Å². The molecule has 0 spiro atoms. The van der Waals surface area contributed by atoms with Gasteiger partial charge in [-0.05, 0) is 104 Å². The molecule has 0 bridgehead atoms. The maximum atomic E-state index is 12.1. The Labute approximate surface area is 211 Å². The lowest BCUT2D eigenvalue weighted by molar-refractivity contribution is 0.107. The summed E-state index contributed by atoms with van der Waals surface area (Å²) in [5, 5.41) is 19.8. The zero-order chi connectivity index (χ0) is 24.9. The minimum atomic E-state index is -1.01. The number of rotatable bonds is 5. The number of hydrogen-bond acceptors (Lipinski definition) is 6. The van der Waals surface area contributed by atoms with Crippen LogP contribution in [0.2, 0.25) is 0 Å². The van der Waals surface area contributed by atoms with E-state index in [0.717, 1.165) is 0 Å². The van der Waals surface area contributed by atoms with Crippen molar-refractivity contribution in [2.75, 3.05) is 0 Å². The lowest BCUT2D eigenvalue weighted by atomic mass is 9.88. The molecule has 0 amide bonds. The van der Waals surface area contributed by atoms with Crippen molar-refractivity contribution < 1.29 is 29.4 Å². The van der Waals surface area contributed by atoms with Gasteiger partial charge in [-0.25, -0.2) is 0 Å². The summed E-state index contributed by atoms with van der Waals surface area (Å²) in [6.45, 7) is 0. The first-order valence-corrected chi connectivity index (χ1v) is 10.9. The Bertz CT molecular complexity index is 1470. The second-order valence-corrected chi connectivity index (χ2v) is 8.64. The molecule has 0 saturated heterocycles. The SMILES string of the molecule is O=C(Cl)c1ccc2c(-c3c(O)c(C(=O)Cl)cc4cc(C(=O)Cl)ccc34)c(O)c(C(=O)Cl)cc2c1. The first kappa shape index (κ1) is 24.0. The van der Waals surface area contributed by atoms with Crippen molar-refractivity contribution in [2.45, 2.75) is 0 Å². The van der Waals surface area contributed by atoms with Crippen molar-refractivity contribution in [3.63, 3.8) is 0 Å². The fourth-order valence-corrected chi connectivity index (χ4v) is 4.37. The van der Waals surface area contributed by atoms with Crippen LogP contribution in [0.5, 0.6) is 11.5 Å². The van der Waals surface area contributed by atoms with E-state index in [0.29, 0.717) is 21.5 Å². The summed E-state index contributed by atoms with van der Waals surface area (Å²) in [6, 6.07) is 11.0. The quantitative estimate of drug-likeness (QED) is 0.279. The minimum absolute atomic E-state index is 0.0534. The lowest BCUT2D eigenvalue weighted by Gasteiger charge is -2.18. The first-order chi connectivity index (χ1) is 16.0. The van der Waals surface area contributed by atoms with E-state index in [9.17, 15) is 29.4 Å². The highest BCUT2D eigenvalue weighted by Gasteiger charge is 2.26. The number of fused-ring (bicyclic) bond motifs is 2. The number of phenols is 2. The number of carbonyl (C=O) groups excluding carboxylic acids is 4. The molecule has 2 N–H and O–H groups in total. The zero-order valence-corrected chi connectivity index (χ0v) is 19.7. The Kier molecular flexibility index (Phi) is 6.27. The van der Waals surface area contributed by atoms with Gasteiger partial charge >= 0.3 is 0 Å². The predicted molar refractivity (Wildman–Crippen MR) is 131 cm³/mol. The van der Waals surface area contributed by atoms with Gasteiger partial charge in [-0.15, -0.1) is 0 Å². The maximum absolute atomic E-state index is 12.1. The monoisotopic (exact) mass is 534 g/mol. The third kappa shape index (κ3) is 3.99. The van der Waals surface area contributed by atoms with E-state index in [1.807, 2.05) is 0 Å². The van der Waals surface area contributed by atoms with Gasteiger partial charge in [0.25, 0.3) is 21.0 Å². The molecule has 34 heavy (non-hydrogen) atoms.